The van der Waals surface area contributed by atoms with Crippen LogP contribution in [0.15, 0.2) is 63.7 Å². The summed E-state index contributed by atoms with van der Waals surface area (Å²) in [6, 6.07) is 12.6. The number of rotatable bonds is 3. The third-order valence-corrected chi connectivity index (χ3v) is 7.69. The fourth-order valence-electron chi connectivity index (χ4n) is 3.21. The lowest BCUT2D eigenvalue weighted by molar-refractivity contribution is -0.116. The topological polar surface area (TPSA) is 63.2 Å². The first-order valence-corrected chi connectivity index (χ1v) is 10.7. The number of aryl methyl sites for hydroxylation is 1. The van der Waals surface area contributed by atoms with Gasteiger partial charge in [0.15, 0.2) is 0 Å². The average Bonchev–Trinajstić information content (AvgIpc) is 3.06. The highest BCUT2D eigenvalue weighted by atomic mass is 32.2. The predicted octanol–water partition coefficient (Wildman–Crippen LogP) is 4.50. The number of anilines is 1. The van der Waals surface area contributed by atoms with Crippen molar-refractivity contribution in [2.75, 3.05) is 5.32 Å². The van der Waals surface area contributed by atoms with E-state index >= 15 is 0 Å². The Labute approximate surface area is 160 Å². The van der Waals surface area contributed by atoms with Gasteiger partial charge in [-0.05, 0) is 36.8 Å². The lowest BCUT2D eigenvalue weighted by atomic mass is 9.91. The molecule has 0 saturated heterocycles. The first-order valence-electron chi connectivity index (χ1n) is 8.35. The molecule has 1 N–H and O–H groups in total. The van der Waals surface area contributed by atoms with Crippen molar-refractivity contribution in [3.8, 4) is 0 Å². The molecular weight excluding hydrogens is 385 g/mol. The molecule has 0 unspecified atom stereocenters. The van der Waals surface area contributed by atoms with E-state index < -0.39 is 9.84 Å². The van der Waals surface area contributed by atoms with Crippen LogP contribution in [0, 0.1) is 12.7 Å². The highest BCUT2D eigenvalue weighted by Crippen LogP contribution is 2.45. The lowest BCUT2D eigenvalue weighted by Gasteiger charge is -2.23. The maximum Gasteiger partial charge on any atom is 0.225 e. The van der Waals surface area contributed by atoms with Crippen LogP contribution in [0.4, 0.5) is 10.1 Å². The zero-order chi connectivity index (χ0) is 19.2. The van der Waals surface area contributed by atoms with Gasteiger partial charge in [-0.15, -0.1) is 11.3 Å². The highest BCUT2D eigenvalue weighted by molar-refractivity contribution is 7.91. The summed E-state index contributed by atoms with van der Waals surface area (Å²) in [5.74, 6) is -0.898. The van der Waals surface area contributed by atoms with E-state index in [4.69, 9.17) is 0 Å². The number of amides is 1. The Morgan fingerprint density at radius 1 is 1.07 bits per heavy atom. The van der Waals surface area contributed by atoms with Crippen molar-refractivity contribution in [1.29, 1.82) is 0 Å². The number of carbonyl (C=O) groups excluding carboxylic acids is 1. The Kier molecular flexibility index (Phi) is 4.36. The van der Waals surface area contributed by atoms with Crippen molar-refractivity contribution in [2.24, 2.45) is 0 Å². The molecule has 27 heavy (non-hydrogen) atoms. The van der Waals surface area contributed by atoms with Crippen molar-refractivity contribution in [1.82, 2.24) is 0 Å². The SMILES string of the molecule is Cc1ccc(S(=O)(=O)c2csc3c2NC(=O)C[C@H]3c2ccc(F)cc2)cc1. The number of sulfone groups is 1. The van der Waals surface area contributed by atoms with E-state index in [1.54, 1.807) is 41.8 Å². The molecule has 7 heteroatoms. The summed E-state index contributed by atoms with van der Waals surface area (Å²) in [5, 5.41) is 4.30. The molecule has 4 rings (SSSR count). The summed E-state index contributed by atoms with van der Waals surface area (Å²) in [6.45, 7) is 1.89. The van der Waals surface area contributed by atoms with Gasteiger partial charge in [0.2, 0.25) is 15.7 Å². The Morgan fingerprint density at radius 3 is 2.41 bits per heavy atom. The summed E-state index contributed by atoms with van der Waals surface area (Å²) >= 11 is 1.30. The van der Waals surface area contributed by atoms with E-state index in [2.05, 4.69) is 5.32 Å². The third kappa shape index (κ3) is 3.17. The van der Waals surface area contributed by atoms with Gasteiger partial charge in [-0.2, -0.15) is 0 Å². The number of fused-ring (bicyclic) bond motifs is 1. The fraction of sp³-hybridized carbons (Fsp3) is 0.150. The van der Waals surface area contributed by atoms with E-state index in [0.29, 0.717) is 5.69 Å². The maximum atomic E-state index is 13.2. The zero-order valence-corrected chi connectivity index (χ0v) is 16.0. The maximum absolute atomic E-state index is 13.2. The minimum atomic E-state index is -3.75. The number of carbonyl (C=O) groups is 1. The molecule has 1 aliphatic rings. The minimum Gasteiger partial charge on any atom is -0.324 e. The number of benzene rings is 2. The molecular formula is C20H16FNO3S2. The van der Waals surface area contributed by atoms with Gasteiger partial charge in [0.1, 0.15) is 10.7 Å². The van der Waals surface area contributed by atoms with Gasteiger partial charge in [0.05, 0.1) is 10.6 Å². The van der Waals surface area contributed by atoms with Crippen molar-refractivity contribution in [3.63, 3.8) is 0 Å². The molecule has 1 atom stereocenters. The predicted molar refractivity (Wildman–Crippen MR) is 102 cm³/mol. The molecule has 2 heterocycles. The van der Waals surface area contributed by atoms with Gasteiger partial charge >= 0.3 is 0 Å². The first-order chi connectivity index (χ1) is 12.9. The van der Waals surface area contributed by atoms with E-state index in [9.17, 15) is 17.6 Å². The number of nitrogens with one attached hydrogen (secondary N) is 1. The molecule has 0 aliphatic carbocycles. The van der Waals surface area contributed by atoms with Crippen LogP contribution in [0.3, 0.4) is 0 Å². The van der Waals surface area contributed by atoms with E-state index in [1.807, 2.05) is 6.92 Å². The summed E-state index contributed by atoms with van der Waals surface area (Å²) < 4.78 is 39.4. The van der Waals surface area contributed by atoms with Crippen molar-refractivity contribution < 1.29 is 17.6 Å². The summed E-state index contributed by atoms with van der Waals surface area (Å²) in [7, 11) is -3.75. The summed E-state index contributed by atoms with van der Waals surface area (Å²) in [4.78, 5) is 13.3. The molecule has 0 fully saturated rings. The van der Waals surface area contributed by atoms with E-state index in [1.165, 1.54) is 23.5 Å². The van der Waals surface area contributed by atoms with E-state index in [0.717, 1.165) is 16.0 Å². The quantitative estimate of drug-likeness (QED) is 0.703. The summed E-state index contributed by atoms with van der Waals surface area (Å²) in [5.41, 5.74) is 2.09. The number of hydrogen-bond acceptors (Lipinski definition) is 4. The second-order valence-electron chi connectivity index (χ2n) is 6.51. The van der Waals surface area contributed by atoms with Gasteiger partial charge in [-0.25, -0.2) is 12.8 Å². The Hall–Kier alpha value is -2.51. The molecule has 1 aliphatic heterocycles. The smallest absolute Gasteiger partial charge is 0.225 e. The van der Waals surface area contributed by atoms with Gasteiger partial charge in [0, 0.05) is 22.6 Å². The second-order valence-corrected chi connectivity index (χ2v) is 9.34. The van der Waals surface area contributed by atoms with Crippen LogP contribution in [0.2, 0.25) is 0 Å². The molecule has 1 amide bonds. The lowest BCUT2D eigenvalue weighted by Crippen LogP contribution is -2.23. The number of thiophene rings is 1. The Morgan fingerprint density at radius 2 is 1.74 bits per heavy atom. The largest absolute Gasteiger partial charge is 0.324 e. The van der Waals surface area contributed by atoms with Crippen LogP contribution in [0.1, 0.15) is 28.3 Å². The average molecular weight is 401 g/mol. The zero-order valence-electron chi connectivity index (χ0n) is 14.4. The Balaban J connectivity index is 1.82. The van der Waals surface area contributed by atoms with Crippen LogP contribution in [-0.2, 0) is 14.6 Å². The Bertz CT molecular complexity index is 1120. The van der Waals surface area contributed by atoms with Gasteiger partial charge in [-0.1, -0.05) is 29.8 Å². The van der Waals surface area contributed by atoms with Crippen LogP contribution < -0.4 is 5.32 Å². The molecule has 3 aromatic rings. The number of hydrogen-bond donors (Lipinski definition) is 1. The molecule has 0 spiro atoms. The first kappa shape index (κ1) is 17.9. The van der Waals surface area contributed by atoms with Crippen LogP contribution in [0.25, 0.3) is 0 Å². The van der Waals surface area contributed by atoms with Crippen molar-refractivity contribution in [2.45, 2.75) is 29.1 Å². The highest BCUT2D eigenvalue weighted by Gasteiger charge is 2.34. The molecule has 0 saturated carbocycles. The minimum absolute atomic E-state index is 0.103. The number of halogens is 1. The third-order valence-electron chi connectivity index (χ3n) is 4.65. The van der Waals surface area contributed by atoms with Crippen LogP contribution in [0.5, 0.6) is 0 Å². The molecule has 2 aromatic carbocycles. The fourth-order valence-corrected chi connectivity index (χ4v) is 6.12. The van der Waals surface area contributed by atoms with Gasteiger partial charge in [0.25, 0.3) is 0 Å². The molecule has 138 valence electrons. The van der Waals surface area contributed by atoms with Crippen molar-refractivity contribution >= 4 is 32.8 Å². The van der Waals surface area contributed by atoms with Crippen LogP contribution >= 0.6 is 11.3 Å². The van der Waals surface area contributed by atoms with Crippen LogP contribution in [-0.4, -0.2) is 14.3 Å². The molecule has 0 radical (unpaired) electrons. The monoisotopic (exact) mass is 401 g/mol. The normalized spacial score (nSPS) is 16.7. The van der Waals surface area contributed by atoms with E-state index in [-0.39, 0.29) is 33.9 Å². The summed E-state index contributed by atoms with van der Waals surface area (Å²) in [6.07, 6.45) is 0.198. The van der Waals surface area contributed by atoms with Gasteiger partial charge in [-0.3, -0.25) is 4.79 Å². The standard InChI is InChI=1S/C20H16FNO3S2/c1-12-2-8-15(9-3-12)27(24,25)17-11-26-20-16(10-18(23)22-19(17)20)13-4-6-14(21)7-5-13/h2-9,11,16H,10H2,1H3,(H,22,23)/t16-/m0/s1. The van der Waals surface area contributed by atoms with Crippen molar-refractivity contribution in [3.05, 3.63) is 75.7 Å². The molecule has 0 bridgehead atoms. The molecule has 1 aromatic heterocycles. The second kappa shape index (κ2) is 6.58. The molecule has 4 nitrogen and oxygen atoms in total. The van der Waals surface area contributed by atoms with Gasteiger partial charge < -0.3 is 5.32 Å².